The second-order valence-electron chi connectivity index (χ2n) is 9.52. The molecule has 226 valence electrons. The van der Waals surface area contributed by atoms with E-state index < -0.39 is 17.1 Å². The van der Waals surface area contributed by atoms with E-state index in [1.165, 1.54) is 11.8 Å². The molecule has 3 N–H and O–H groups in total. The Morgan fingerprint density at radius 1 is 0.818 bits per heavy atom. The van der Waals surface area contributed by atoms with E-state index in [9.17, 15) is 14.4 Å². The summed E-state index contributed by atoms with van der Waals surface area (Å²) in [5.74, 6) is 0.0650. The van der Waals surface area contributed by atoms with Crippen molar-refractivity contribution in [2.24, 2.45) is 0 Å². The molecule has 1 atom stereocenters. The van der Waals surface area contributed by atoms with Crippen LogP contribution in [0.1, 0.15) is 29.3 Å². The molecule has 10 heteroatoms. The monoisotopic (exact) mass is 673 g/mol. The van der Waals surface area contributed by atoms with Crippen LogP contribution in [-0.4, -0.2) is 37.2 Å². The van der Waals surface area contributed by atoms with Gasteiger partial charge in [0.05, 0.1) is 19.5 Å². The van der Waals surface area contributed by atoms with E-state index in [2.05, 4.69) is 31.9 Å². The van der Waals surface area contributed by atoms with Gasteiger partial charge in [-0.25, -0.2) is 0 Å². The van der Waals surface area contributed by atoms with Gasteiger partial charge >= 0.3 is 0 Å². The van der Waals surface area contributed by atoms with Gasteiger partial charge in [0.15, 0.2) is 0 Å². The highest BCUT2D eigenvalue weighted by molar-refractivity contribution is 9.10. The smallest absolute Gasteiger partial charge is 0.272 e. The molecule has 0 saturated heterocycles. The Balaban J connectivity index is 1.49. The molecule has 0 saturated carbocycles. The minimum Gasteiger partial charge on any atom is -0.497 e. The Kier molecular flexibility index (Phi) is 11.6. The number of hydrogen-bond acceptors (Lipinski definition) is 6. The number of benzene rings is 4. The highest BCUT2D eigenvalue weighted by atomic mass is 79.9. The lowest BCUT2D eigenvalue weighted by Gasteiger charge is -2.17. The number of ether oxygens (including phenoxy) is 2. The van der Waals surface area contributed by atoms with Gasteiger partial charge in [-0.05, 0) is 60.5 Å². The van der Waals surface area contributed by atoms with Gasteiger partial charge in [0.2, 0.25) is 5.91 Å². The molecule has 3 amide bonds. The number of thioether (sulfide) groups is 1. The third kappa shape index (κ3) is 9.23. The Morgan fingerprint density at radius 2 is 1.50 bits per heavy atom. The lowest BCUT2D eigenvalue weighted by molar-refractivity contribution is -0.116. The predicted octanol–water partition coefficient (Wildman–Crippen LogP) is 7.39. The van der Waals surface area contributed by atoms with Gasteiger partial charge in [0.25, 0.3) is 11.8 Å². The molecule has 0 aromatic heterocycles. The Morgan fingerprint density at radius 3 is 2.14 bits per heavy atom. The van der Waals surface area contributed by atoms with E-state index in [0.29, 0.717) is 34.9 Å². The van der Waals surface area contributed by atoms with Gasteiger partial charge in [0.1, 0.15) is 17.2 Å². The first-order valence-corrected chi connectivity index (χ1v) is 15.4. The van der Waals surface area contributed by atoms with E-state index in [4.69, 9.17) is 9.47 Å². The topological polar surface area (TPSA) is 106 Å². The number of hydrogen-bond donors (Lipinski definition) is 3. The largest absolute Gasteiger partial charge is 0.497 e. The molecule has 0 bridgehead atoms. The number of amides is 3. The van der Waals surface area contributed by atoms with Crippen LogP contribution < -0.4 is 25.4 Å². The van der Waals surface area contributed by atoms with Gasteiger partial charge in [-0.3, -0.25) is 14.4 Å². The molecule has 0 aliphatic carbocycles. The number of halogens is 1. The highest BCUT2D eigenvalue weighted by Crippen LogP contribution is 2.30. The molecule has 0 spiro atoms. The summed E-state index contributed by atoms with van der Waals surface area (Å²) in [6.45, 7) is 1.93. The third-order valence-corrected chi connectivity index (χ3v) is 8.25. The fourth-order valence-corrected chi connectivity index (χ4v) is 5.38. The first-order valence-electron chi connectivity index (χ1n) is 13.7. The van der Waals surface area contributed by atoms with Crippen molar-refractivity contribution < 1.29 is 23.9 Å². The minimum atomic E-state index is -0.490. The van der Waals surface area contributed by atoms with Crippen molar-refractivity contribution in [3.8, 4) is 11.5 Å². The molecular weight excluding hydrogens is 642 g/mol. The molecule has 0 radical (unpaired) electrons. The second kappa shape index (κ2) is 15.8. The number of carbonyl (C=O) groups is 3. The van der Waals surface area contributed by atoms with Crippen LogP contribution in [0.2, 0.25) is 0 Å². The van der Waals surface area contributed by atoms with Crippen LogP contribution >= 0.6 is 27.7 Å². The summed E-state index contributed by atoms with van der Waals surface area (Å²) < 4.78 is 11.5. The van der Waals surface area contributed by atoms with Crippen molar-refractivity contribution in [1.29, 1.82) is 0 Å². The molecule has 4 rings (SSSR count). The van der Waals surface area contributed by atoms with E-state index in [1.807, 2.05) is 43.3 Å². The van der Waals surface area contributed by atoms with Crippen LogP contribution in [0, 0.1) is 0 Å². The normalized spacial score (nSPS) is 11.7. The van der Waals surface area contributed by atoms with E-state index >= 15 is 0 Å². The molecule has 0 fully saturated rings. The second-order valence-corrected chi connectivity index (χ2v) is 11.7. The summed E-state index contributed by atoms with van der Waals surface area (Å²) in [5, 5.41) is 8.17. The first-order chi connectivity index (χ1) is 21.3. The fourth-order valence-electron chi connectivity index (χ4n) is 4.10. The molecule has 4 aromatic carbocycles. The van der Waals surface area contributed by atoms with Crippen LogP contribution in [0.15, 0.2) is 112 Å². The first kappa shape index (κ1) is 32.4. The molecule has 0 aliphatic heterocycles. The average Bonchev–Trinajstić information content (AvgIpc) is 3.04. The molecule has 1 unspecified atom stereocenters. The zero-order valence-electron chi connectivity index (χ0n) is 24.4. The van der Waals surface area contributed by atoms with Gasteiger partial charge in [-0.2, -0.15) is 0 Å². The Labute approximate surface area is 269 Å². The van der Waals surface area contributed by atoms with Crippen molar-refractivity contribution in [2.75, 3.05) is 24.9 Å². The molecule has 8 nitrogen and oxygen atoms in total. The number of rotatable bonds is 12. The van der Waals surface area contributed by atoms with E-state index in [-0.39, 0.29) is 11.6 Å². The maximum Gasteiger partial charge on any atom is 0.272 e. The van der Waals surface area contributed by atoms with E-state index in [1.54, 1.807) is 81.0 Å². The Bertz CT molecular complexity index is 1620. The van der Waals surface area contributed by atoms with Crippen molar-refractivity contribution >= 4 is 62.9 Å². The lowest BCUT2D eigenvalue weighted by atomic mass is 10.1. The quantitative estimate of drug-likeness (QED) is 0.107. The average molecular weight is 675 g/mol. The summed E-state index contributed by atoms with van der Waals surface area (Å²) in [7, 11) is 3.10. The summed E-state index contributed by atoms with van der Waals surface area (Å²) >= 11 is 4.80. The van der Waals surface area contributed by atoms with Gasteiger partial charge in [-0.15, -0.1) is 11.8 Å². The third-order valence-electron chi connectivity index (χ3n) is 6.36. The number of anilines is 2. The maximum atomic E-state index is 13.5. The standard InChI is InChI=1S/C34H32BrN3O5S/c1-4-31(34(41)37-26-18-27(42-2)21-28(19-26)43-3)44-29-12-8-11-25(20-29)36-33(40)30(17-22-13-15-24(35)16-14-22)38-32(39)23-9-6-5-7-10-23/h5-21,31H,4H2,1-3H3,(H,36,40)(H,37,41)(H,38,39)/b30-17-. The number of carbonyl (C=O) groups excluding carboxylic acids is 3. The summed E-state index contributed by atoms with van der Waals surface area (Å²) in [4.78, 5) is 40.4. The lowest BCUT2D eigenvalue weighted by Crippen LogP contribution is -2.30. The predicted molar refractivity (Wildman–Crippen MR) is 179 cm³/mol. The van der Waals surface area contributed by atoms with Crippen LogP contribution in [0.4, 0.5) is 11.4 Å². The van der Waals surface area contributed by atoms with Gasteiger partial charge < -0.3 is 25.4 Å². The molecule has 44 heavy (non-hydrogen) atoms. The number of methoxy groups -OCH3 is 2. The number of nitrogens with one attached hydrogen (secondary N) is 3. The summed E-state index contributed by atoms with van der Waals surface area (Å²) in [5.41, 5.74) is 2.33. The Hall–Kier alpha value is -4.54. The van der Waals surface area contributed by atoms with Gasteiger partial charge in [-0.1, -0.05) is 59.3 Å². The van der Waals surface area contributed by atoms with Crippen molar-refractivity contribution in [3.05, 3.63) is 118 Å². The van der Waals surface area contributed by atoms with Crippen LogP contribution in [0.5, 0.6) is 11.5 Å². The van der Waals surface area contributed by atoms with Crippen molar-refractivity contribution in [3.63, 3.8) is 0 Å². The molecule has 0 aliphatic rings. The summed E-state index contributed by atoms with van der Waals surface area (Å²) in [6, 6.07) is 28.5. The SMILES string of the molecule is CCC(Sc1cccc(NC(=O)/C(=C/c2ccc(Br)cc2)NC(=O)c2ccccc2)c1)C(=O)Nc1cc(OC)cc(OC)c1. The van der Waals surface area contributed by atoms with Crippen LogP contribution in [0.25, 0.3) is 6.08 Å². The zero-order valence-corrected chi connectivity index (χ0v) is 26.8. The summed E-state index contributed by atoms with van der Waals surface area (Å²) in [6.07, 6.45) is 2.19. The molecule has 4 aromatic rings. The minimum absolute atomic E-state index is 0.0822. The fraction of sp³-hybridized carbons (Fsp3) is 0.147. The highest BCUT2D eigenvalue weighted by Gasteiger charge is 2.20. The van der Waals surface area contributed by atoms with Crippen LogP contribution in [0.3, 0.4) is 0 Å². The van der Waals surface area contributed by atoms with Crippen molar-refractivity contribution in [1.82, 2.24) is 5.32 Å². The van der Waals surface area contributed by atoms with Gasteiger partial charge in [0, 0.05) is 44.5 Å². The van der Waals surface area contributed by atoms with Crippen molar-refractivity contribution in [2.45, 2.75) is 23.5 Å². The maximum absolute atomic E-state index is 13.5. The molecular formula is C34H32BrN3O5S. The zero-order chi connectivity index (χ0) is 31.5. The van der Waals surface area contributed by atoms with E-state index in [0.717, 1.165) is 14.9 Å². The van der Waals surface area contributed by atoms with Crippen LogP contribution in [-0.2, 0) is 9.59 Å². The molecule has 0 heterocycles.